The van der Waals surface area contributed by atoms with Gasteiger partial charge < -0.3 is 5.73 Å². The number of hydrogen-bond donors (Lipinski definition) is 3. The van der Waals surface area contributed by atoms with Gasteiger partial charge in [0.25, 0.3) is 0 Å². The molecule has 0 rings (SSSR count). The van der Waals surface area contributed by atoms with E-state index in [1.807, 2.05) is 6.92 Å². The molecular weight excluding hydrogens is 108 g/mol. The Bertz CT molecular complexity index is 56.7. The van der Waals surface area contributed by atoms with Crippen molar-refractivity contribution in [2.45, 2.75) is 6.92 Å². The third-order valence-corrected chi connectivity index (χ3v) is 0. The number of allylic oxidation sites excluding steroid dienone is 1. The zero-order chi connectivity index (χ0) is 6.28. The van der Waals surface area contributed by atoms with Crippen LogP contribution in [0.4, 0.5) is 0 Å². The first kappa shape index (κ1) is 9.75. The summed E-state index contributed by atoms with van der Waals surface area (Å²) < 4.78 is 0. The molecule has 0 aliphatic rings. The predicted octanol–water partition coefficient (Wildman–Crippen LogP) is 1.00. The Kier molecular flexibility index (Phi) is 12.7. The van der Waals surface area contributed by atoms with E-state index in [1.54, 1.807) is 6.08 Å². The van der Waals surface area contributed by atoms with E-state index in [9.17, 15) is 0 Å². The predicted molar refractivity (Wildman–Crippen MR) is 36.8 cm³/mol. The van der Waals surface area contributed by atoms with Crippen LogP contribution < -0.4 is 5.73 Å². The Hall–Kier alpha value is -0.440. The number of amidine groups is 1. The Morgan fingerprint density at radius 3 is 2.00 bits per heavy atom. The largest absolute Gasteiger partial charge is 0.379 e. The van der Waals surface area contributed by atoms with Gasteiger partial charge in [0, 0.05) is 0 Å². The summed E-state index contributed by atoms with van der Waals surface area (Å²) in [6, 6.07) is 0. The lowest BCUT2D eigenvalue weighted by molar-refractivity contribution is 1.51. The van der Waals surface area contributed by atoms with E-state index in [2.05, 4.69) is 24.9 Å². The summed E-state index contributed by atoms with van der Waals surface area (Å²) in [6.45, 7) is 5.25. The zero-order valence-corrected chi connectivity index (χ0v) is 5.20. The average Bonchev–Trinajstić information content (AvgIpc) is 1.33. The molecule has 3 N–H and O–H groups in total. The summed E-state index contributed by atoms with van der Waals surface area (Å²) in [5.41, 5.74) is 4.56. The molecule has 0 aromatic rings. The van der Waals surface area contributed by atoms with Gasteiger partial charge in [-0.15, -0.1) is 19.2 Å². The summed E-state index contributed by atoms with van der Waals surface area (Å²) in [4.78, 5) is 0. The maximum absolute atomic E-state index is 6.14. The van der Waals surface area contributed by atoms with Crippen LogP contribution >= 0.6 is 12.6 Å². The van der Waals surface area contributed by atoms with Crippen molar-refractivity contribution in [3.05, 3.63) is 12.7 Å². The molecule has 42 valence electrons. The minimum Gasteiger partial charge on any atom is -0.379 e. The van der Waals surface area contributed by atoms with Gasteiger partial charge >= 0.3 is 0 Å². The molecule has 0 aromatic carbocycles. The highest BCUT2D eigenvalue weighted by Gasteiger charge is 1.55. The van der Waals surface area contributed by atoms with Crippen molar-refractivity contribution in [2.24, 2.45) is 5.73 Å². The molecule has 0 unspecified atom stereocenters. The van der Waals surface area contributed by atoms with Gasteiger partial charge in [0.05, 0.1) is 0 Å². The third-order valence-electron chi connectivity index (χ3n) is 0. The molecule has 0 radical (unpaired) electrons. The van der Waals surface area contributed by atoms with Crippen molar-refractivity contribution in [2.75, 3.05) is 0 Å². The molecule has 0 atom stereocenters. The maximum Gasteiger partial charge on any atom is 0.147 e. The van der Waals surface area contributed by atoms with Gasteiger partial charge in [-0.2, -0.15) is 0 Å². The van der Waals surface area contributed by atoms with Crippen molar-refractivity contribution in [1.82, 2.24) is 0 Å². The maximum atomic E-state index is 6.14. The molecule has 0 saturated heterocycles. The Morgan fingerprint density at radius 2 is 2.00 bits per heavy atom. The smallest absolute Gasteiger partial charge is 0.147 e. The topological polar surface area (TPSA) is 49.9 Å². The normalized spacial score (nSPS) is 5.43. The van der Waals surface area contributed by atoms with Crippen molar-refractivity contribution in [1.29, 1.82) is 5.41 Å². The Labute approximate surface area is 49.3 Å². The molecule has 0 saturated carbocycles. The minimum atomic E-state index is -0.139. The molecule has 3 heteroatoms. The summed E-state index contributed by atoms with van der Waals surface area (Å²) >= 11 is 3.33. The van der Waals surface area contributed by atoms with E-state index in [-0.39, 0.29) is 5.17 Å². The van der Waals surface area contributed by atoms with Gasteiger partial charge in [0.1, 0.15) is 5.17 Å². The minimum absolute atomic E-state index is 0.139. The summed E-state index contributed by atoms with van der Waals surface area (Å²) in [7, 11) is 0. The van der Waals surface area contributed by atoms with E-state index in [4.69, 9.17) is 5.41 Å². The van der Waals surface area contributed by atoms with Crippen LogP contribution in [0.2, 0.25) is 0 Å². The number of nitrogens with two attached hydrogens (primary N) is 1. The number of thiol groups is 1. The summed E-state index contributed by atoms with van der Waals surface area (Å²) in [6.07, 6.45) is 1.75. The van der Waals surface area contributed by atoms with Crippen molar-refractivity contribution >= 4 is 17.8 Å². The quantitative estimate of drug-likeness (QED) is 0.189. The molecule has 0 amide bonds. The first-order valence-corrected chi connectivity index (χ1v) is 2.20. The van der Waals surface area contributed by atoms with Gasteiger partial charge in [-0.05, 0) is 6.92 Å². The molecule has 0 aliphatic carbocycles. The fourth-order valence-corrected chi connectivity index (χ4v) is 0. The molecule has 0 fully saturated rings. The van der Waals surface area contributed by atoms with Crippen LogP contribution in [0, 0.1) is 5.41 Å². The van der Waals surface area contributed by atoms with E-state index in [0.29, 0.717) is 0 Å². The SMILES string of the molecule is C=CC.N=C(N)S. The van der Waals surface area contributed by atoms with Crippen molar-refractivity contribution in [3.8, 4) is 0 Å². The molecular formula is C4H10N2S. The Morgan fingerprint density at radius 1 is 2.00 bits per heavy atom. The van der Waals surface area contributed by atoms with Gasteiger partial charge in [-0.3, -0.25) is 5.41 Å². The first-order valence-electron chi connectivity index (χ1n) is 1.75. The molecule has 0 bridgehead atoms. The van der Waals surface area contributed by atoms with Crippen LogP contribution in [-0.2, 0) is 0 Å². The van der Waals surface area contributed by atoms with E-state index in [1.165, 1.54) is 0 Å². The lowest BCUT2D eigenvalue weighted by atomic mass is 10.8. The first-order chi connectivity index (χ1) is 3.15. The molecule has 2 nitrogen and oxygen atoms in total. The molecule has 0 heterocycles. The summed E-state index contributed by atoms with van der Waals surface area (Å²) in [5, 5.41) is 6.00. The zero-order valence-electron chi connectivity index (χ0n) is 4.31. The second-order valence-electron chi connectivity index (χ2n) is 0.793. The van der Waals surface area contributed by atoms with E-state index in [0.717, 1.165) is 0 Å². The van der Waals surface area contributed by atoms with Gasteiger partial charge in [-0.25, -0.2) is 0 Å². The second-order valence-corrected chi connectivity index (χ2v) is 1.28. The van der Waals surface area contributed by atoms with E-state index < -0.39 is 0 Å². The van der Waals surface area contributed by atoms with Gasteiger partial charge in [-0.1, -0.05) is 6.08 Å². The highest BCUT2D eigenvalue weighted by atomic mass is 32.1. The highest BCUT2D eigenvalue weighted by molar-refractivity contribution is 7.96. The third kappa shape index (κ3) is 364. The fourth-order valence-electron chi connectivity index (χ4n) is 0. The van der Waals surface area contributed by atoms with Gasteiger partial charge in [0.15, 0.2) is 0 Å². The molecule has 0 spiro atoms. The lowest BCUT2D eigenvalue weighted by Gasteiger charge is -1.65. The second kappa shape index (κ2) is 9.12. The van der Waals surface area contributed by atoms with Crippen LogP contribution in [0.5, 0.6) is 0 Å². The van der Waals surface area contributed by atoms with Crippen LogP contribution in [0.1, 0.15) is 6.92 Å². The Balaban J connectivity index is 0. The molecule has 7 heavy (non-hydrogen) atoms. The van der Waals surface area contributed by atoms with Gasteiger partial charge in [0.2, 0.25) is 0 Å². The number of hydrogen-bond acceptors (Lipinski definition) is 1. The summed E-state index contributed by atoms with van der Waals surface area (Å²) in [5.74, 6) is 0. The number of nitrogens with one attached hydrogen (secondary N) is 1. The monoisotopic (exact) mass is 118 g/mol. The highest BCUT2D eigenvalue weighted by Crippen LogP contribution is 1.56. The van der Waals surface area contributed by atoms with Crippen molar-refractivity contribution < 1.29 is 0 Å². The standard InChI is InChI=1S/C3H6.CH4N2S/c1-3-2;2-1(3)4/h3H,1H2,2H3;(H4,2,3,4). The van der Waals surface area contributed by atoms with Crippen LogP contribution in [0.3, 0.4) is 0 Å². The number of rotatable bonds is 0. The molecule has 0 aromatic heterocycles. The van der Waals surface area contributed by atoms with Crippen LogP contribution in [-0.4, -0.2) is 5.17 Å². The van der Waals surface area contributed by atoms with Crippen LogP contribution in [0.15, 0.2) is 12.7 Å². The fraction of sp³-hybridized carbons (Fsp3) is 0.250. The lowest BCUT2D eigenvalue weighted by Crippen LogP contribution is -1.96. The average molecular weight is 118 g/mol. The van der Waals surface area contributed by atoms with E-state index >= 15 is 0 Å². The molecule has 0 aliphatic heterocycles. The van der Waals surface area contributed by atoms with Crippen molar-refractivity contribution in [3.63, 3.8) is 0 Å². The van der Waals surface area contributed by atoms with Crippen LogP contribution in [0.25, 0.3) is 0 Å².